The van der Waals surface area contributed by atoms with Gasteiger partial charge in [0.2, 0.25) is 0 Å². The number of carbonyl (C=O) groups excluding carboxylic acids is 2. The van der Waals surface area contributed by atoms with Gasteiger partial charge in [0.05, 0.1) is 47.6 Å². The maximum Gasteiger partial charge on any atom is 0.311 e. The molecule has 4 N–H and O–H groups in total. The summed E-state index contributed by atoms with van der Waals surface area (Å²) in [5.41, 5.74) is -0.134. The van der Waals surface area contributed by atoms with Gasteiger partial charge in [0, 0.05) is 97.1 Å². The lowest BCUT2D eigenvalue weighted by Crippen LogP contribution is -2.61. The second-order valence-corrected chi connectivity index (χ2v) is 21.7. The maximum atomic E-state index is 14.6. The molecule has 18 atom stereocenters. The van der Waals surface area contributed by atoms with Crippen molar-refractivity contribution < 1.29 is 63.2 Å². The predicted molar refractivity (Wildman–Crippen MR) is 268 cm³/mol. The molecule has 2 aromatic carbocycles. The molecule has 5 rings (SSSR count). The van der Waals surface area contributed by atoms with Gasteiger partial charge in [-0.3, -0.25) is 14.5 Å². The highest BCUT2D eigenvalue weighted by molar-refractivity contribution is 5.83. The largest absolute Gasteiger partial charge is 0.459 e. The second kappa shape index (κ2) is 23.7. The van der Waals surface area contributed by atoms with Crippen LogP contribution < -0.4 is 9.80 Å². The summed E-state index contributed by atoms with van der Waals surface area (Å²) in [7, 11) is 11.0. The molecule has 0 amide bonds. The molecule has 3 heterocycles. The molecule has 396 valence electrons. The molecule has 0 radical (unpaired) electrons. The predicted octanol–water partition coefficient (Wildman–Crippen LogP) is 5.71. The van der Waals surface area contributed by atoms with Crippen molar-refractivity contribution in [3.63, 3.8) is 0 Å². The molecule has 0 unspecified atom stereocenters. The molecule has 0 saturated carbocycles. The van der Waals surface area contributed by atoms with Crippen molar-refractivity contribution in [2.24, 2.45) is 23.7 Å². The van der Waals surface area contributed by atoms with Gasteiger partial charge in [0.25, 0.3) is 0 Å². The van der Waals surface area contributed by atoms with Crippen molar-refractivity contribution in [3.8, 4) is 0 Å². The minimum Gasteiger partial charge on any atom is -0.459 e. The Labute approximate surface area is 417 Å². The third kappa shape index (κ3) is 12.9. The molecule has 70 heavy (non-hydrogen) atoms. The fraction of sp³-hybridized carbons (Fsp3) is 0.741. The first-order chi connectivity index (χ1) is 32.7. The first kappa shape index (κ1) is 57.6. The summed E-state index contributed by atoms with van der Waals surface area (Å²) in [6.07, 6.45) is -9.59. The van der Waals surface area contributed by atoms with Crippen molar-refractivity contribution in [2.75, 3.05) is 52.2 Å². The zero-order valence-corrected chi connectivity index (χ0v) is 44.8. The van der Waals surface area contributed by atoms with E-state index in [1.54, 1.807) is 41.5 Å². The van der Waals surface area contributed by atoms with Gasteiger partial charge in [-0.1, -0.05) is 52.0 Å². The molecule has 2 aromatic rings. The SMILES string of the molecule is CC[C@H]1OC(=O)[C@H](C)[C@@H](O[C@H]2C[C@@](C)(OC)[C@@H](O)[C@H](C)O2)[C@H](C)[C@@H](O[C@@H]2O[C@H](C)C[C@H](N(Cc3ccc(N(C)C)cc3)Cc3ccc(N(C)C)cc3)[C@H]2O)[C@@](C)(OC)C[C@@H](C)C(=O)[C@H](C)[C@@H](O)[C@]1(C)O. The normalized spacial score (nSPS) is 39.3. The lowest BCUT2D eigenvalue weighted by atomic mass is 9.74. The summed E-state index contributed by atoms with van der Waals surface area (Å²) in [6, 6.07) is 16.3. The summed E-state index contributed by atoms with van der Waals surface area (Å²) in [6.45, 7) is 18.3. The van der Waals surface area contributed by atoms with E-state index in [-0.39, 0.29) is 31.1 Å². The number of ketones is 1. The molecular formula is C54H87N3O13. The maximum absolute atomic E-state index is 14.6. The van der Waals surface area contributed by atoms with Crippen LogP contribution in [-0.2, 0) is 55.8 Å². The van der Waals surface area contributed by atoms with E-state index in [4.69, 9.17) is 33.2 Å². The number of benzene rings is 2. The van der Waals surface area contributed by atoms with Gasteiger partial charge < -0.3 is 63.4 Å². The molecule has 0 bridgehead atoms. The van der Waals surface area contributed by atoms with E-state index in [1.807, 2.05) is 49.0 Å². The van der Waals surface area contributed by atoms with Gasteiger partial charge in [-0.2, -0.15) is 0 Å². The Kier molecular flexibility index (Phi) is 19.5. The van der Waals surface area contributed by atoms with Gasteiger partial charge in [0.15, 0.2) is 12.6 Å². The second-order valence-electron chi connectivity index (χ2n) is 21.7. The van der Waals surface area contributed by atoms with Gasteiger partial charge >= 0.3 is 5.97 Å². The molecule has 0 aliphatic carbocycles. The van der Waals surface area contributed by atoms with Gasteiger partial charge in [-0.25, -0.2) is 0 Å². The molecular weight excluding hydrogens is 899 g/mol. The van der Waals surface area contributed by atoms with Crippen LogP contribution in [0, 0.1) is 23.7 Å². The Balaban J connectivity index is 1.62. The number of Topliss-reactive ketones (excluding diaryl/α,β-unsaturated/α-hetero) is 1. The number of aliphatic hydroxyl groups is 4. The molecule has 3 saturated heterocycles. The topological polar surface area (TPSA) is 189 Å². The molecule has 0 aromatic heterocycles. The van der Waals surface area contributed by atoms with Crippen LogP contribution in [0.4, 0.5) is 11.4 Å². The van der Waals surface area contributed by atoms with Gasteiger partial charge in [-0.05, 0) is 96.2 Å². The average Bonchev–Trinajstić information content (AvgIpc) is 3.32. The fourth-order valence-corrected chi connectivity index (χ4v) is 11.0. The van der Waals surface area contributed by atoms with E-state index in [1.165, 1.54) is 21.1 Å². The number of nitrogens with zero attached hydrogens (tertiary/aromatic N) is 3. The molecule has 16 heteroatoms. The summed E-state index contributed by atoms with van der Waals surface area (Å²) >= 11 is 0. The molecule has 3 fully saturated rings. The summed E-state index contributed by atoms with van der Waals surface area (Å²) in [5.74, 6) is -4.70. The van der Waals surface area contributed by atoms with Crippen LogP contribution in [0.3, 0.4) is 0 Å². The number of aliphatic hydroxyl groups excluding tert-OH is 3. The fourth-order valence-electron chi connectivity index (χ4n) is 11.0. The number of hydrogen-bond acceptors (Lipinski definition) is 16. The minimum atomic E-state index is -2.00. The molecule has 16 nitrogen and oxygen atoms in total. The number of methoxy groups -OCH3 is 2. The smallest absolute Gasteiger partial charge is 0.311 e. The number of esters is 1. The highest BCUT2D eigenvalue weighted by Crippen LogP contribution is 2.42. The first-order valence-corrected chi connectivity index (χ1v) is 25.2. The van der Waals surface area contributed by atoms with Crippen LogP contribution >= 0.6 is 0 Å². The summed E-state index contributed by atoms with van der Waals surface area (Å²) < 4.78 is 45.4. The average molecular weight is 986 g/mol. The van der Waals surface area contributed by atoms with Crippen LogP contribution in [0.15, 0.2) is 48.5 Å². The number of carbonyl (C=O) groups is 2. The van der Waals surface area contributed by atoms with Crippen LogP contribution in [0.2, 0.25) is 0 Å². The number of cyclic esters (lactones) is 1. The van der Waals surface area contributed by atoms with E-state index in [0.29, 0.717) is 19.5 Å². The Morgan fingerprint density at radius 2 is 1.24 bits per heavy atom. The molecule has 3 aliphatic heterocycles. The van der Waals surface area contributed by atoms with E-state index in [9.17, 15) is 30.0 Å². The van der Waals surface area contributed by atoms with Crippen molar-refractivity contribution in [2.45, 2.75) is 192 Å². The van der Waals surface area contributed by atoms with Crippen LogP contribution in [0.25, 0.3) is 0 Å². The van der Waals surface area contributed by atoms with E-state index in [2.05, 4.69) is 63.2 Å². The Bertz CT molecular complexity index is 1930. The Morgan fingerprint density at radius 3 is 1.73 bits per heavy atom. The van der Waals surface area contributed by atoms with Crippen LogP contribution in [-0.4, -0.2) is 164 Å². The molecule has 3 aliphatic rings. The van der Waals surface area contributed by atoms with E-state index >= 15 is 0 Å². The lowest BCUT2D eigenvalue weighted by Gasteiger charge is -2.50. The summed E-state index contributed by atoms with van der Waals surface area (Å²) in [5, 5.41) is 47.4. The monoisotopic (exact) mass is 986 g/mol. The number of ether oxygens (including phenoxy) is 7. The highest BCUT2D eigenvalue weighted by atomic mass is 16.7. The standard InChI is InChI=1S/C54H87N3O13/c1-17-42-54(10,63)47(60)33(4)44(58)31(2)27-53(9,65-16)49(34(5)46(35(6)50(62)68-42)69-43-28-52(8,64-15)48(61)36(7)67-43)70-51-45(59)41(26-32(3)66-51)57(29-37-18-22-39(23-19-37)55(11)12)30-38-20-24-40(25-21-38)56(13)14/h18-25,31-36,41-43,45-49,51,59-61,63H,17,26-30H2,1-16H3/t31-,32-,33+,34+,35-,36+,41+,42-,43+,45-,46+,47-,48+,49-,51+,52-,53+,54-/m1/s1. The van der Waals surface area contributed by atoms with Crippen molar-refractivity contribution in [1.29, 1.82) is 0 Å². The van der Waals surface area contributed by atoms with Gasteiger partial charge in [-0.15, -0.1) is 0 Å². The Morgan fingerprint density at radius 1 is 0.714 bits per heavy atom. The van der Waals surface area contributed by atoms with Crippen LogP contribution in [0.1, 0.15) is 106 Å². The first-order valence-electron chi connectivity index (χ1n) is 25.2. The minimum absolute atomic E-state index is 0.0734. The molecule has 0 spiro atoms. The third-order valence-corrected chi connectivity index (χ3v) is 15.8. The van der Waals surface area contributed by atoms with E-state index < -0.39 is 108 Å². The van der Waals surface area contributed by atoms with Crippen molar-refractivity contribution in [1.82, 2.24) is 4.90 Å². The van der Waals surface area contributed by atoms with Crippen molar-refractivity contribution >= 4 is 23.1 Å². The number of anilines is 2. The van der Waals surface area contributed by atoms with Crippen molar-refractivity contribution in [3.05, 3.63) is 59.7 Å². The third-order valence-electron chi connectivity index (χ3n) is 15.8. The quantitative estimate of drug-likeness (QED) is 0.168. The lowest BCUT2D eigenvalue weighted by molar-refractivity contribution is -0.320. The highest BCUT2D eigenvalue weighted by Gasteiger charge is 2.54. The summed E-state index contributed by atoms with van der Waals surface area (Å²) in [4.78, 5) is 35.3. The number of rotatable bonds is 14. The van der Waals surface area contributed by atoms with Crippen LogP contribution in [0.5, 0.6) is 0 Å². The Hall–Kier alpha value is -3.26. The van der Waals surface area contributed by atoms with E-state index in [0.717, 1.165) is 22.5 Å². The zero-order valence-electron chi connectivity index (χ0n) is 44.8. The van der Waals surface area contributed by atoms with Gasteiger partial charge in [0.1, 0.15) is 29.7 Å². The number of hydrogen-bond donors (Lipinski definition) is 4. The zero-order chi connectivity index (χ0) is 52.2.